The monoisotopic (exact) mass is 449 g/mol. The van der Waals surface area contributed by atoms with Gasteiger partial charge in [0.15, 0.2) is 0 Å². The van der Waals surface area contributed by atoms with Crippen LogP contribution in [0.3, 0.4) is 0 Å². The van der Waals surface area contributed by atoms with Gasteiger partial charge in [-0.1, -0.05) is 6.92 Å². The summed E-state index contributed by atoms with van der Waals surface area (Å²) in [5.41, 5.74) is -0.891. The highest BCUT2D eigenvalue weighted by Crippen LogP contribution is 2.30. The van der Waals surface area contributed by atoms with Crippen molar-refractivity contribution in [3.05, 3.63) is 29.8 Å². The molecule has 1 atom stereocenters. The van der Waals surface area contributed by atoms with Crippen molar-refractivity contribution in [1.29, 1.82) is 0 Å². The van der Waals surface area contributed by atoms with E-state index in [-0.39, 0.29) is 36.5 Å². The number of nitrogens with zero attached hydrogens (tertiary/aromatic N) is 3. The molecule has 0 bridgehead atoms. The molecule has 7 nitrogen and oxygen atoms in total. The van der Waals surface area contributed by atoms with Crippen LogP contribution in [0.4, 0.5) is 13.2 Å². The molecule has 168 valence electrons. The number of rotatable bonds is 5. The van der Waals surface area contributed by atoms with Crippen molar-refractivity contribution in [3.8, 4) is 0 Å². The van der Waals surface area contributed by atoms with Crippen LogP contribution < -0.4 is 0 Å². The first-order chi connectivity index (χ1) is 14.1. The number of alkyl halides is 3. The first kappa shape index (κ1) is 23.0. The minimum Gasteiger partial charge on any atom is -0.375 e. The summed E-state index contributed by atoms with van der Waals surface area (Å²) in [6.07, 6.45) is -3.63. The van der Waals surface area contributed by atoms with Crippen molar-refractivity contribution in [2.45, 2.75) is 30.5 Å². The Labute approximate surface area is 174 Å². The summed E-state index contributed by atoms with van der Waals surface area (Å²) in [7, 11) is -3.88. The van der Waals surface area contributed by atoms with Crippen molar-refractivity contribution >= 4 is 15.9 Å². The Morgan fingerprint density at radius 3 is 2.30 bits per heavy atom. The summed E-state index contributed by atoms with van der Waals surface area (Å²) >= 11 is 0. The van der Waals surface area contributed by atoms with Gasteiger partial charge in [0.2, 0.25) is 15.9 Å². The van der Waals surface area contributed by atoms with Crippen molar-refractivity contribution in [3.63, 3.8) is 0 Å². The molecule has 11 heteroatoms. The van der Waals surface area contributed by atoms with Gasteiger partial charge in [-0.3, -0.25) is 9.69 Å². The van der Waals surface area contributed by atoms with Crippen molar-refractivity contribution in [2.24, 2.45) is 0 Å². The van der Waals surface area contributed by atoms with E-state index in [0.29, 0.717) is 32.8 Å². The number of sulfonamides is 1. The normalized spacial score (nSPS) is 22.3. The third-order valence-electron chi connectivity index (χ3n) is 5.46. The van der Waals surface area contributed by atoms with Gasteiger partial charge in [0, 0.05) is 39.3 Å². The highest BCUT2D eigenvalue weighted by Gasteiger charge is 2.33. The van der Waals surface area contributed by atoms with Crippen LogP contribution in [0.2, 0.25) is 0 Å². The standard InChI is InChI=1S/C19H26F3N3O4S/c1-2-16-13-24(11-12-29-16)18(26)14-23-7-9-25(10-8-23)30(27,28)17-5-3-15(4-6-17)19(20,21)22/h3-6,16H,2,7-14H2,1H3. The van der Waals surface area contributed by atoms with E-state index in [2.05, 4.69) is 0 Å². The molecular formula is C19H26F3N3O4S. The second kappa shape index (κ2) is 9.21. The number of hydrogen-bond acceptors (Lipinski definition) is 5. The maximum Gasteiger partial charge on any atom is 0.416 e. The van der Waals surface area contributed by atoms with E-state index in [4.69, 9.17) is 4.74 Å². The molecule has 1 aromatic rings. The van der Waals surface area contributed by atoms with Gasteiger partial charge in [0.1, 0.15) is 0 Å². The molecule has 2 aliphatic heterocycles. The van der Waals surface area contributed by atoms with Crippen molar-refractivity contribution < 1.29 is 31.1 Å². The van der Waals surface area contributed by atoms with Gasteiger partial charge in [-0.25, -0.2) is 8.42 Å². The number of hydrogen-bond donors (Lipinski definition) is 0. The molecule has 0 spiro atoms. The molecule has 0 aromatic heterocycles. The van der Waals surface area contributed by atoms with Gasteiger partial charge in [-0.2, -0.15) is 17.5 Å². The molecule has 0 saturated carbocycles. The zero-order valence-corrected chi connectivity index (χ0v) is 17.6. The van der Waals surface area contributed by atoms with E-state index in [0.717, 1.165) is 30.7 Å². The SMILES string of the molecule is CCC1CN(C(=O)CN2CCN(S(=O)(=O)c3ccc(C(F)(F)F)cc3)CC2)CCO1. The van der Waals surface area contributed by atoms with Crippen LogP contribution in [-0.4, -0.2) is 87.0 Å². The highest BCUT2D eigenvalue weighted by atomic mass is 32.2. The van der Waals surface area contributed by atoms with E-state index in [1.54, 1.807) is 4.90 Å². The van der Waals surface area contributed by atoms with E-state index in [1.165, 1.54) is 4.31 Å². The fourth-order valence-corrected chi connectivity index (χ4v) is 5.00. The quantitative estimate of drug-likeness (QED) is 0.684. The number of carbonyl (C=O) groups is 1. The molecule has 2 heterocycles. The Morgan fingerprint density at radius 1 is 1.10 bits per heavy atom. The van der Waals surface area contributed by atoms with Crippen molar-refractivity contribution in [2.75, 3.05) is 52.4 Å². The molecule has 0 N–H and O–H groups in total. The lowest BCUT2D eigenvalue weighted by atomic mass is 10.2. The van der Waals surface area contributed by atoms with E-state index in [9.17, 15) is 26.4 Å². The molecule has 0 radical (unpaired) electrons. The molecule has 1 unspecified atom stereocenters. The summed E-state index contributed by atoms with van der Waals surface area (Å²) in [6, 6.07) is 3.51. The molecule has 1 aromatic carbocycles. The number of benzene rings is 1. The number of halogens is 3. The van der Waals surface area contributed by atoms with Gasteiger partial charge in [0.05, 0.1) is 29.7 Å². The molecule has 0 aliphatic carbocycles. The van der Waals surface area contributed by atoms with Crippen LogP contribution >= 0.6 is 0 Å². The second-order valence-electron chi connectivity index (χ2n) is 7.44. The van der Waals surface area contributed by atoms with Crippen LogP contribution in [0.15, 0.2) is 29.2 Å². The average Bonchev–Trinajstić information content (AvgIpc) is 2.73. The zero-order valence-electron chi connectivity index (χ0n) is 16.8. The van der Waals surface area contributed by atoms with Crippen LogP contribution in [0.1, 0.15) is 18.9 Å². The predicted octanol–water partition coefficient (Wildman–Crippen LogP) is 1.65. The summed E-state index contributed by atoms with van der Waals surface area (Å²) in [6.45, 7) is 4.98. The Morgan fingerprint density at radius 2 is 1.73 bits per heavy atom. The molecule has 2 fully saturated rings. The maximum atomic E-state index is 12.7. The van der Waals surface area contributed by atoms with E-state index >= 15 is 0 Å². The minimum absolute atomic E-state index is 0.00389. The second-order valence-corrected chi connectivity index (χ2v) is 9.38. The predicted molar refractivity (Wildman–Crippen MR) is 103 cm³/mol. The first-order valence-electron chi connectivity index (χ1n) is 9.90. The lowest BCUT2D eigenvalue weighted by molar-refractivity contribution is -0.140. The molecule has 3 rings (SSSR count). The van der Waals surface area contributed by atoms with Gasteiger partial charge < -0.3 is 9.64 Å². The van der Waals surface area contributed by atoms with Crippen molar-refractivity contribution in [1.82, 2.24) is 14.1 Å². The van der Waals surface area contributed by atoms with Crippen LogP contribution in [-0.2, 0) is 25.7 Å². The Balaban J connectivity index is 1.55. The summed E-state index contributed by atoms with van der Waals surface area (Å²) in [4.78, 5) is 16.1. The van der Waals surface area contributed by atoms with Gasteiger partial charge in [0.25, 0.3) is 0 Å². The minimum atomic E-state index is -4.52. The number of amides is 1. The number of carbonyl (C=O) groups excluding carboxylic acids is 1. The topological polar surface area (TPSA) is 70.2 Å². The Kier molecular flexibility index (Phi) is 7.05. The number of morpholine rings is 1. The molecule has 30 heavy (non-hydrogen) atoms. The van der Waals surface area contributed by atoms with Crippen LogP contribution in [0.5, 0.6) is 0 Å². The molecular weight excluding hydrogens is 423 g/mol. The van der Waals surface area contributed by atoms with Gasteiger partial charge in [-0.05, 0) is 30.7 Å². The van der Waals surface area contributed by atoms with E-state index < -0.39 is 21.8 Å². The first-order valence-corrected chi connectivity index (χ1v) is 11.3. The lowest BCUT2D eigenvalue weighted by Crippen LogP contribution is -2.53. The smallest absolute Gasteiger partial charge is 0.375 e. The summed E-state index contributed by atoms with van der Waals surface area (Å²) in [5.74, 6) is -0.00389. The summed E-state index contributed by atoms with van der Waals surface area (Å²) < 4.78 is 70.4. The molecule has 1 amide bonds. The van der Waals surface area contributed by atoms with Crippen LogP contribution in [0, 0.1) is 0 Å². The third-order valence-corrected chi connectivity index (χ3v) is 7.37. The zero-order chi connectivity index (χ0) is 21.9. The number of piperazine rings is 1. The number of ether oxygens (including phenoxy) is 1. The van der Waals surface area contributed by atoms with Crippen LogP contribution in [0.25, 0.3) is 0 Å². The average molecular weight is 449 g/mol. The lowest BCUT2D eigenvalue weighted by Gasteiger charge is -2.36. The fraction of sp³-hybridized carbons (Fsp3) is 0.632. The Hall–Kier alpha value is -1.69. The fourth-order valence-electron chi connectivity index (χ4n) is 3.58. The molecule has 2 saturated heterocycles. The van der Waals surface area contributed by atoms with E-state index in [1.807, 2.05) is 11.8 Å². The van der Waals surface area contributed by atoms with Gasteiger partial charge >= 0.3 is 6.18 Å². The highest BCUT2D eigenvalue weighted by molar-refractivity contribution is 7.89. The maximum absolute atomic E-state index is 12.7. The van der Waals surface area contributed by atoms with Gasteiger partial charge in [-0.15, -0.1) is 0 Å². The molecule has 2 aliphatic rings. The summed E-state index contributed by atoms with van der Waals surface area (Å²) in [5, 5.41) is 0. The Bertz CT molecular complexity index is 838. The third kappa shape index (κ3) is 5.32. The largest absolute Gasteiger partial charge is 0.416 e.